The highest BCUT2D eigenvalue weighted by Crippen LogP contribution is 2.38. The van der Waals surface area contributed by atoms with Gasteiger partial charge in [-0.15, -0.1) is 0 Å². The maximum absolute atomic E-state index is 12.6. The van der Waals surface area contributed by atoms with Gasteiger partial charge in [0.1, 0.15) is 17.0 Å². The van der Waals surface area contributed by atoms with Crippen molar-refractivity contribution in [3.8, 4) is 16.9 Å². The fraction of sp³-hybridized carbons (Fsp3) is 0.174. The van der Waals surface area contributed by atoms with E-state index in [2.05, 4.69) is 10.1 Å². The number of oxazole rings is 1. The van der Waals surface area contributed by atoms with Crippen molar-refractivity contribution in [2.45, 2.75) is 20.4 Å². The maximum atomic E-state index is 12.6. The average Bonchev–Trinajstić information content (AvgIpc) is 3.26. The molecule has 7 heteroatoms. The van der Waals surface area contributed by atoms with Crippen molar-refractivity contribution in [1.29, 1.82) is 0 Å². The van der Waals surface area contributed by atoms with Crippen molar-refractivity contribution in [2.75, 3.05) is 7.11 Å². The highest BCUT2D eigenvalue weighted by molar-refractivity contribution is 6.04. The summed E-state index contributed by atoms with van der Waals surface area (Å²) in [5.41, 5.74) is 5.36. The first-order valence-corrected chi connectivity index (χ1v) is 9.54. The highest BCUT2D eigenvalue weighted by Gasteiger charge is 2.20. The van der Waals surface area contributed by atoms with Gasteiger partial charge in [0, 0.05) is 10.9 Å². The second kappa shape index (κ2) is 6.88. The van der Waals surface area contributed by atoms with Crippen molar-refractivity contribution in [3.05, 3.63) is 76.2 Å². The normalized spacial score (nSPS) is 11.4. The number of methoxy groups -OCH3 is 1. The van der Waals surface area contributed by atoms with Gasteiger partial charge in [-0.1, -0.05) is 35.5 Å². The number of hydrogen-bond donors (Lipinski definition) is 0. The molecule has 150 valence electrons. The van der Waals surface area contributed by atoms with Gasteiger partial charge in [0.25, 0.3) is 0 Å². The van der Waals surface area contributed by atoms with Crippen LogP contribution in [-0.4, -0.2) is 21.8 Å². The standard InChI is InChI=1S/C23H19N3O4/c1-13-21(14(2)30-25-13)17-9-18-16(10-19(17)28-3)22-20(11-24-18)29-23(27)26(22)12-15-7-5-4-6-8-15/h4-11H,12H2,1-3H3. The van der Waals surface area contributed by atoms with Crippen LogP contribution in [0.1, 0.15) is 17.0 Å². The number of rotatable bonds is 4. The van der Waals surface area contributed by atoms with E-state index in [0.29, 0.717) is 29.2 Å². The molecule has 0 saturated carbocycles. The van der Waals surface area contributed by atoms with Crippen LogP contribution >= 0.6 is 0 Å². The number of aryl methyl sites for hydroxylation is 2. The molecule has 0 fully saturated rings. The lowest BCUT2D eigenvalue weighted by atomic mass is 10.0. The van der Waals surface area contributed by atoms with Gasteiger partial charge in [0.05, 0.1) is 36.6 Å². The lowest BCUT2D eigenvalue weighted by Crippen LogP contribution is -2.15. The van der Waals surface area contributed by atoms with E-state index in [1.165, 1.54) is 0 Å². The minimum Gasteiger partial charge on any atom is -0.496 e. The van der Waals surface area contributed by atoms with Crippen molar-refractivity contribution >= 4 is 22.0 Å². The molecular formula is C23H19N3O4. The maximum Gasteiger partial charge on any atom is 0.420 e. The molecule has 2 aromatic carbocycles. The Bertz CT molecular complexity index is 1430. The lowest BCUT2D eigenvalue weighted by Gasteiger charge is -2.11. The summed E-state index contributed by atoms with van der Waals surface area (Å²) in [6.45, 7) is 4.16. The van der Waals surface area contributed by atoms with Gasteiger partial charge in [0.15, 0.2) is 5.58 Å². The number of nitrogens with zero attached hydrogens (tertiary/aromatic N) is 3. The number of ether oxygens (including phenoxy) is 1. The first-order chi connectivity index (χ1) is 14.6. The molecule has 0 amide bonds. The molecule has 3 aromatic heterocycles. The Hall–Kier alpha value is -3.87. The molecule has 0 spiro atoms. The van der Waals surface area contributed by atoms with E-state index >= 15 is 0 Å². The Morgan fingerprint density at radius 3 is 2.63 bits per heavy atom. The van der Waals surface area contributed by atoms with Crippen LogP contribution in [0.15, 0.2) is 62.4 Å². The van der Waals surface area contributed by atoms with Crippen LogP contribution in [0, 0.1) is 13.8 Å². The molecule has 0 aliphatic rings. The summed E-state index contributed by atoms with van der Waals surface area (Å²) in [5, 5.41) is 4.83. The van der Waals surface area contributed by atoms with E-state index in [0.717, 1.165) is 33.3 Å². The average molecular weight is 401 g/mol. The summed E-state index contributed by atoms with van der Waals surface area (Å²) in [7, 11) is 1.61. The molecule has 30 heavy (non-hydrogen) atoms. The lowest BCUT2D eigenvalue weighted by molar-refractivity contribution is 0.393. The molecular weight excluding hydrogens is 382 g/mol. The van der Waals surface area contributed by atoms with Crippen molar-refractivity contribution in [2.24, 2.45) is 0 Å². The third-order valence-electron chi connectivity index (χ3n) is 5.30. The number of benzene rings is 2. The summed E-state index contributed by atoms with van der Waals surface area (Å²) >= 11 is 0. The predicted octanol–water partition coefficient (Wildman–Crippen LogP) is 4.47. The van der Waals surface area contributed by atoms with E-state index in [1.807, 2.05) is 56.3 Å². The van der Waals surface area contributed by atoms with E-state index in [9.17, 15) is 4.79 Å². The van der Waals surface area contributed by atoms with Crippen LogP contribution in [0.4, 0.5) is 0 Å². The molecule has 5 aromatic rings. The van der Waals surface area contributed by atoms with Crippen LogP contribution < -0.4 is 10.5 Å². The molecule has 0 aliphatic carbocycles. The highest BCUT2D eigenvalue weighted by atomic mass is 16.5. The van der Waals surface area contributed by atoms with Crippen LogP contribution in [0.5, 0.6) is 5.75 Å². The van der Waals surface area contributed by atoms with Gasteiger partial charge in [-0.25, -0.2) is 4.79 Å². The zero-order valence-electron chi connectivity index (χ0n) is 16.8. The van der Waals surface area contributed by atoms with Gasteiger partial charge in [-0.2, -0.15) is 0 Å². The molecule has 0 radical (unpaired) electrons. The molecule has 0 aliphatic heterocycles. The van der Waals surface area contributed by atoms with Crippen molar-refractivity contribution in [1.82, 2.24) is 14.7 Å². The van der Waals surface area contributed by atoms with Crippen LogP contribution in [0.3, 0.4) is 0 Å². The van der Waals surface area contributed by atoms with Gasteiger partial charge in [0.2, 0.25) is 0 Å². The molecule has 0 saturated heterocycles. The Balaban J connectivity index is 1.79. The topological polar surface area (TPSA) is 83.3 Å². The molecule has 0 unspecified atom stereocenters. The van der Waals surface area contributed by atoms with Crippen LogP contribution in [0.2, 0.25) is 0 Å². The van der Waals surface area contributed by atoms with E-state index in [-0.39, 0.29) is 0 Å². The first-order valence-electron chi connectivity index (χ1n) is 9.54. The largest absolute Gasteiger partial charge is 0.496 e. The zero-order chi connectivity index (χ0) is 20.8. The monoisotopic (exact) mass is 401 g/mol. The minimum atomic E-state index is -0.420. The van der Waals surface area contributed by atoms with Crippen molar-refractivity contribution in [3.63, 3.8) is 0 Å². The van der Waals surface area contributed by atoms with E-state index in [4.69, 9.17) is 13.7 Å². The third-order valence-corrected chi connectivity index (χ3v) is 5.30. The quantitative estimate of drug-likeness (QED) is 0.442. The predicted molar refractivity (Wildman–Crippen MR) is 113 cm³/mol. The Morgan fingerprint density at radius 1 is 1.13 bits per heavy atom. The Labute approximate surface area is 171 Å². The number of hydrogen-bond acceptors (Lipinski definition) is 6. The van der Waals surface area contributed by atoms with Crippen LogP contribution in [0.25, 0.3) is 33.1 Å². The third kappa shape index (κ3) is 2.78. The number of pyridine rings is 1. The Morgan fingerprint density at radius 2 is 1.93 bits per heavy atom. The molecule has 0 atom stereocenters. The molecule has 0 N–H and O–H groups in total. The summed E-state index contributed by atoms with van der Waals surface area (Å²) in [4.78, 5) is 17.1. The van der Waals surface area contributed by atoms with Crippen LogP contribution in [-0.2, 0) is 6.54 Å². The molecule has 0 bridgehead atoms. The fourth-order valence-electron chi connectivity index (χ4n) is 3.92. The number of aromatic nitrogens is 3. The smallest absolute Gasteiger partial charge is 0.420 e. The van der Waals surface area contributed by atoms with Gasteiger partial charge >= 0.3 is 5.76 Å². The fourth-order valence-corrected chi connectivity index (χ4v) is 3.92. The van der Waals surface area contributed by atoms with Gasteiger partial charge in [-0.05, 0) is 31.5 Å². The summed E-state index contributed by atoms with van der Waals surface area (Å²) < 4.78 is 18.1. The zero-order valence-corrected chi connectivity index (χ0v) is 16.8. The molecule has 3 heterocycles. The second-order valence-electron chi connectivity index (χ2n) is 7.18. The molecule has 5 rings (SSSR count). The second-order valence-corrected chi connectivity index (χ2v) is 7.18. The summed E-state index contributed by atoms with van der Waals surface area (Å²) in [6, 6.07) is 13.6. The summed E-state index contributed by atoms with van der Waals surface area (Å²) in [5.74, 6) is 0.929. The minimum absolute atomic E-state index is 0.403. The van der Waals surface area contributed by atoms with E-state index in [1.54, 1.807) is 17.9 Å². The van der Waals surface area contributed by atoms with E-state index < -0.39 is 5.76 Å². The SMILES string of the molecule is COc1cc2c(cc1-c1c(C)noc1C)ncc1oc(=O)n(Cc3ccccc3)c12. The summed E-state index contributed by atoms with van der Waals surface area (Å²) in [6.07, 6.45) is 1.59. The van der Waals surface area contributed by atoms with Gasteiger partial charge < -0.3 is 13.7 Å². The first kappa shape index (κ1) is 18.2. The number of fused-ring (bicyclic) bond motifs is 3. The molecule has 7 nitrogen and oxygen atoms in total. The Kier molecular flexibility index (Phi) is 4.17. The van der Waals surface area contributed by atoms with Gasteiger partial charge in [-0.3, -0.25) is 9.55 Å². The van der Waals surface area contributed by atoms with Crippen molar-refractivity contribution < 1.29 is 13.7 Å².